The Labute approximate surface area is 230 Å². The molecular formula is C29H31NO10. The lowest BCUT2D eigenvalue weighted by atomic mass is 9.65. The van der Waals surface area contributed by atoms with Crippen molar-refractivity contribution in [3.05, 3.63) is 46.6 Å². The summed E-state index contributed by atoms with van der Waals surface area (Å²) < 4.78 is 27.9. The first kappa shape index (κ1) is 28.8. The molecule has 0 bridgehead atoms. The van der Waals surface area contributed by atoms with Crippen LogP contribution in [0.4, 0.5) is 0 Å². The van der Waals surface area contributed by atoms with E-state index in [1.165, 1.54) is 40.0 Å². The third kappa shape index (κ3) is 6.02. The number of hydrogen-bond acceptors (Lipinski definition) is 11. The zero-order chi connectivity index (χ0) is 29.2. The van der Waals surface area contributed by atoms with Crippen molar-refractivity contribution in [2.75, 3.05) is 6.61 Å². The molecule has 40 heavy (non-hydrogen) atoms. The smallest absolute Gasteiger partial charge is 0.345 e. The Morgan fingerprint density at radius 3 is 2.58 bits per heavy atom. The fraction of sp³-hybridized carbons (Fsp3) is 0.483. The number of nitrogens with zero attached hydrogens (tertiary/aromatic N) is 1. The number of esters is 3. The minimum atomic E-state index is -1.42. The number of fused-ring (bicyclic) bond motifs is 2. The maximum Gasteiger partial charge on any atom is 0.345 e. The maximum atomic E-state index is 13.0. The van der Waals surface area contributed by atoms with Gasteiger partial charge in [0.05, 0.1) is 6.10 Å². The lowest BCUT2D eigenvalue weighted by Crippen LogP contribution is -2.60. The quantitative estimate of drug-likeness (QED) is 0.330. The van der Waals surface area contributed by atoms with Crippen molar-refractivity contribution >= 4 is 17.9 Å². The number of aliphatic hydroxyl groups is 1. The zero-order valence-electron chi connectivity index (χ0n) is 22.9. The number of ether oxygens (including phenoxy) is 4. The first-order valence-corrected chi connectivity index (χ1v) is 12.8. The van der Waals surface area contributed by atoms with Crippen LogP contribution in [0.2, 0.25) is 0 Å². The molecule has 212 valence electrons. The van der Waals surface area contributed by atoms with Gasteiger partial charge in [0.15, 0.2) is 0 Å². The molecule has 1 saturated carbocycles. The van der Waals surface area contributed by atoms with Crippen molar-refractivity contribution in [2.45, 2.75) is 70.9 Å². The van der Waals surface area contributed by atoms with Gasteiger partial charge >= 0.3 is 23.5 Å². The number of carbonyl (C=O) groups excluding carboxylic acids is 3. The number of rotatable bonds is 5. The van der Waals surface area contributed by atoms with Gasteiger partial charge in [0, 0.05) is 63.1 Å². The van der Waals surface area contributed by atoms with Gasteiger partial charge in [0.2, 0.25) is 5.60 Å². The molecular weight excluding hydrogens is 522 g/mol. The normalized spacial score (nSPS) is 26.4. The monoisotopic (exact) mass is 553 g/mol. The molecule has 2 aromatic heterocycles. The Hall–Kier alpha value is -4.17. The Bertz CT molecular complexity index is 1420. The van der Waals surface area contributed by atoms with Crippen LogP contribution in [-0.4, -0.2) is 51.9 Å². The highest BCUT2D eigenvalue weighted by atomic mass is 16.6. The van der Waals surface area contributed by atoms with Gasteiger partial charge in [0.25, 0.3) is 0 Å². The largest absolute Gasteiger partial charge is 0.482 e. The van der Waals surface area contributed by atoms with Crippen LogP contribution in [-0.2, 0) is 28.6 Å². The molecule has 1 fully saturated rings. The third-order valence-electron chi connectivity index (χ3n) is 7.08. The van der Waals surface area contributed by atoms with Crippen molar-refractivity contribution < 1.29 is 42.9 Å². The summed E-state index contributed by atoms with van der Waals surface area (Å²) in [6, 6.07) is 4.94. The Kier molecular flexibility index (Phi) is 8.03. The first-order valence-electron chi connectivity index (χ1n) is 12.8. The first-order chi connectivity index (χ1) is 18.8. The van der Waals surface area contributed by atoms with Gasteiger partial charge in [-0.3, -0.25) is 19.4 Å². The number of aromatic nitrogens is 1. The average Bonchev–Trinajstić information content (AvgIpc) is 2.87. The molecule has 1 unspecified atom stereocenters. The van der Waals surface area contributed by atoms with Crippen molar-refractivity contribution in [3.8, 4) is 28.9 Å². The molecule has 4 rings (SSSR count). The van der Waals surface area contributed by atoms with Gasteiger partial charge in [-0.1, -0.05) is 11.8 Å². The van der Waals surface area contributed by atoms with Crippen LogP contribution in [0.15, 0.2) is 39.8 Å². The van der Waals surface area contributed by atoms with Gasteiger partial charge in [-0.15, -0.1) is 0 Å². The van der Waals surface area contributed by atoms with Crippen LogP contribution in [0.1, 0.15) is 59.1 Å². The lowest BCUT2D eigenvalue weighted by molar-refractivity contribution is -0.189. The molecule has 0 spiro atoms. The predicted molar refractivity (Wildman–Crippen MR) is 139 cm³/mol. The summed E-state index contributed by atoms with van der Waals surface area (Å²) in [5.41, 5.74) is -2.87. The van der Waals surface area contributed by atoms with E-state index >= 15 is 0 Å². The van der Waals surface area contributed by atoms with E-state index in [0.717, 1.165) is 0 Å². The summed E-state index contributed by atoms with van der Waals surface area (Å²) in [5.74, 6) is 3.39. The molecule has 11 heteroatoms. The van der Waals surface area contributed by atoms with E-state index in [1.54, 1.807) is 25.3 Å². The highest BCUT2D eigenvalue weighted by molar-refractivity contribution is 5.68. The van der Waals surface area contributed by atoms with E-state index in [2.05, 4.69) is 16.8 Å². The molecule has 11 nitrogen and oxygen atoms in total. The van der Waals surface area contributed by atoms with E-state index < -0.39 is 58.8 Å². The Morgan fingerprint density at radius 2 is 1.95 bits per heavy atom. The standard InChI is InChI=1S/C29H31NO10/c1-16(31)36-15-28(4,39-18(3)33)9-8-19-11-21-26(34)25-23(40-29(21,5)24(12-19)37-17(2)32)13-22(38-27(25)35)20-7-6-10-30-14-20/h6-7,10,13-14,19,21,24,26,34H,11-12,15H2,1-5H3/t19?,21-,24-,26+,28+,29-/m1/s1. The summed E-state index contributed by atoms with van der Waals surface area (Å²) >= 11 is 0. The van der Waals surface area contributed by atoms with Gasteiger partial charge in [0.1, 0.15) is 35.4 Å². The van der Waals surface area contributed by atoms with Crippen molar-refractivity contribution in [2.24, 2.45) is 11.8 Å². The predicted octanol–water partition coefficient (Wildman–Crippen LogP) is 2.73. The molecule has 0 aromatic carbocycles. The number of hydrogen-bond donors (Lipinski definition) is 1. The molecule has 2 aromatic rings. The average molecular weight is 554 g/mol. The molecule has 6 atom stereocenters. The van der Waals surface area contributed by atoms with E-state index in [4.69, 9.17) is 23.4 Å². The van der Waals surface area contributed by atoms with E-state index in [9.17, 15) is 24.3 Å². The second-order valence-corrected chi connectivity index (χ2v) is 10.4. The van der Waals surface area contributed by atoms with E-state index in [-0.39, 0.29) is 36.5 Å². The van der Waals surface area contributed by atoms with Crippen LogP contribution >= 0.6 is 0 Å². The van der Waals surface area contributed by atoms with E-state index in [1.807, 2.05) is 0 Å². The second-order valence-electron chi connectivity index (χ2n) is 10.4. The van der Waals surface area contributed by atoms with Gasteiger partial charge in [-0.05, 0) is 32.4 Å². The molecule has 0 radical (unpaired) electrons. The molecule has 1 aliphatic heterocycles. The summed E-state index contributed by atoms with van der Waals surface area (Å²) in [6.07, 6.45) is 1.47. The van der Waals surface area contributed by atoms with Crippen LogP contribution in [0.3, 0.4) is 0 Å². The molecule has 3 heterocycles. The summed E-state index contributed by atoms with van der Waals surface area (Å²) in [4.78, 5) is 52.2. The maximum absolute atomic E-state index is 13.0. The van der Waals surface area contributed by atoms with Crippen LogP contribution in [0, 0.1) is 23.7 Å². The van der Waals surface area contributed by atoms with Gasteiger partial charge in [-0.2, -0.15) is 0 Å². The Balaban J connectivity index is 1.71. The molecule has 0 amide bonds. The number of aliphatic hydroxyl groups excluding tert-OH is 1. The van der Waals surface area contributed by atoms with Gasteiger partial charge in [-0.25, -0.2) is 4.79 Å². The van der Waals surface area contributed by atoms with Gasteiger partial charge < -0.3 is 28.5 Å². The van der Waals surface area contributed by atoms with Crippen LogP contribution in [0.25, 0.3) is 11.3 Å². The Morgan fingerprint density at radius 1 is 1.20 bits per heavy atom. The number of pyridine rings is 1. The fourth-order valence-electron chi connectivity index (χ4n) is 5.26. The van der Waals surface area contributed by atoms with Crippen molar-refractivity contribution in [1.29, 1.82) is 0 Å². The number of carbonyl (C=O) groups is 3. The summed E-state index contributed by atoms with van der Waals surface area (Å²) in [5, 5.41) is 11.5. The van der Waals surface area contributed by atoms with Crippen LogP contribution < -0.4 is 10.4 Å². The molecule has 1 N–H and O–H groups in total. The highest BCUT2D eigenvalue weighted by Crippen LogP contribution is 2.52. The lowest BCUT2D eigenvalue weighted by Gasteiger charge is -2.51. The van der Waals surface area contributed by atoms with Crippen molar-refractivity contribution in [3.63, 3.8) is 0 Å². The third-order valence-corrected chi connectivity index (χ3v) is 7.08. The minimum Gasteiger partial charge on any atom is -0.482 e. The fourth-order valence-corrected chi connectivity index (χ4v) is 5.26. The minimum absolute atomic E-state index is 0.0371. The van der Waals surface area contributed by atoms with Crippen LogP contribution in [0.5, 0.6) is 5.75 Å². The molecule has 1 aliphatic carbocycles. The van der Waals surface area contributed by atoms with Crippen molar-refractivity contribution in [1.82, 2.24) is 4.98 Å². The molecule has 0 saturated heterocycles. The zero-order valence-corrected chi connectivity index (χ0v) is 22.9. The highest BCUT2D eigenvalue weighted by Gasteiger charge is 2.57. The van der Waals surface area contributed by atoms with E-state index in [0.29, 0.717) is 5.56 Å². The molecule has 2 aliphatic rings. The second kappa shape index (κ2) is 11.1. The summed E-state index contributed by atoms with van der Waals surface area (Å²) in [6.45, 7) is 6.67. The SMILES string of the molecule is CC(=O)OC[C@](C)(C#CC1C[C@@H]2[C@H](O)c3c(cc(-c4cccnc4)oc3=O)O[C@@]2(C)[C@H](OC(C)=O)C1)OC(C)=O. The summed E-state index contributed by atoms with van der Waals surface area (Å²) in [7, 11) is 0. The topological polar surface area (TPSA) is 151 Å².